The van der Waals surface area contributed by atoms with E-state index in [-0.39, 0.29) is 70.4 Å². The molecule has 11 heteroatoms. The molecule has 40 heavy (non-hydrogen) atoms. The molecule has 1 N–H and O–H groups in total. The Labute approximate surface area is 231 Å². The maximum Gasteiger partial charge on any atom is 0.287 e. The highest BCUT2D eigenvalue weighted by atomic mass is 16.5. The molecule has 1 saturated heterocycles. The van der Waals surface area contributed by atoms with Crippen molar-refractivity contribution in [3.05, 3.63) is 44.8 Å². The Kier molecular flexibility index (Phi) is 6.59. The van der Waals surface area contributed by atoms with Gasteiger partial charge in [-0.25, -0.2) is 0 Å². The molecule has 5 atom stereocenters. The molecule has 0 aromatic heterocycles. The van der Waals surface area contributed by atoms with Crippen molar-refractivity contribution in [3.63, 3.8) is 0 Å². The number of carbonyl (C=O) groups is 6. The molecule has 3 aliphatic heterocycles. The van der Waals surface area contributed by atoms with Gasteiger partial charge in [-0.3, -0.25) is 38.6 Å². The fourth-order valence-electron chi connectivity index (χ4n) is 7.03. The molecule has 5 rings (SSSR count). The van der Waals surface area contributed by atoms with Crippen LogP contribution in [-0.2, 0) is 33.5 Å². The number of nitrogens with one attached hydrogen (secondary N) is 1. The molecule has 208 valence electrons. The summed E-state index contributed by atoms with van der Waals surface area (Å²) < 4.78 is 5.33. The summed E-state index contributed by atoms with van der Waals surface area (Å²) in [5.74, 6) is -2.99. The molecule has 0 spiro atoms. The van der Waals surface area contributed by atoms with Gasteiger partial charge in [-0.15, -0.1) is 0 Å². The van der Waals surface area contributed by atoms with Crippen molar-refractivity contribution in [3.8, 4) is 6.07 Å². The third-order valence-corrected chi connectivity index (χ3v) is 9.14. The average Bonchev–Trinajstić information content (AvgIpc) is 2.92. The second kappa shape index (κ2) is 9.57. The van der Waals surface area contributed by atoms with E-state index in [1.165, 1.54) is 7.11 Å². The number of methoxy groups -OCH3 is 1. The van der Waals surface area contributed by atoms with Gasteiger partial charge in [-0.1, -0.05) is 0 Å². The number of ketones is 5. The van der Waals surface area contributed by atoms with Gasteiger partial charge < -0.3 is 10.1 Å². The lowest BCUT2D eigenvalue weighted by Crippen LogP contribution is -2.74. The van der Waals surface area contributed by atoms with Crippen LogP contribution in [0, 0.1) is 11.3 Å². The van der Waals surface area contributed by atoms with Gasteiger partial charge in [0.25, 0.3) is 5.91 Å². The summed E-state index contributed by atoms with van der Waals surface area (Å²) in [6, 6.07) is -1.28. The SMILES string of the molecule is COC1=C(C)C(=O)C2=C(C1=O)[C@@H]1[C@@H]3CC4=C(C(=O)C(C)=C(C)C4=O)[C@H](CNC(=O)C(C)=O)N3[C@@H](C#N)C(C2)N1C. The summed E-state index contributed by atoms with van der Waals surface area (Å²) in [6.07, 6.45) is 0.191. The molecule has 1 amide bonds. The van der Waals surface area contributed by atoms with Gasteiger partial charge in [0.05, 0.1) is 25.3 Å². The first-order chi connectivity index (χ1) is 18.9. The zero-order chi connectivity index (χ0) is 29.4. The number of hydrogen-bond donors (Lipinski definition) is 1. The lowest BCUT2D eigenvalue weighted by molar-refractivity contribution is -0.137. The number of rotatable bonds is 4. The summed E-state index contributed by atoms with van der Waals surface area (Å²) in [6.45, 7) is 5.63. The minimum Gasteiger partial charge on any atom is -0.492 e. The Morgan fingerprint density at radius 3 is 2.10 bits per heavy atom. The van der Waals surface area contributed by atoms with Crippen molar-refractivity contribution >= 4 is 34.8 Å². The van der Waals surface area contributed by atoms with Crippen molar-refractivity contribution in [2.45, 2.75) is 70.7 Å². The number of hydrogen-bond acceptors (Lipinski definition) is 10. The van der Waals surface area contributed by atoms with E-state index in [4.69, 9.17) is 4.74 Å². The molecule has 2 aliphatic carbocycles. The highest BCUT2D eigenvalue weighted by molar-refractivity contribution is 6.35. The van der Waals surface area contributed by atoms with Crippen molar-refractivity contribution in [2.75, 3.05) is 20.7 Å². The zero-order valence-electron chi connectivity index (χ0n) is 23.2. The monoisotopic (exact) mass is 546 g/mol. The summed E-state index contributed by atoms with van der Waals surface area (Å²) in [7, 11) is 3.12. The molecular formula is C29H30N4O7. The van der Waals surface area contributed by atoms with E-state index >= 15 is 0 Å². The Bertz CT molecular complexity index is 1500. The van der Waals surface area contributed by atoms with Crippen LogP contribution >= 0.6 is 0 Å². The number of amides is 1. The van der Waals surface area contributed by atoms with Gasteiger partial charge in [0, 0.05) is 64.6 Å². The van der Waals surface area contributed by atoms with Crippen LogP contribution in [0.1, 0.15) is 40.5 Å². The smallest absolute Gasteiger partial charge is 0.287 e. The lowest BCUT2D eigenvalue weighted by atomic mass is 9.67. The van der Waals surface area contributed by atoms with Gasteiger partial charge in [-0.05, 0) is 40.7 Å². The van der Waals surface area contributed by atoms with E-state index < -0.39 is 47.7 Å². The topological polar surface area (TPSA) is 154 Å². The third kappa shape index (κ3) is 3.63. The molecule has 3 heterocycles. The van der Waals surface area contributed by atoms with E-state index in [0.29, 0.717) is 11.1 Å². The molecule has 1 fully saturated rings. The highest BCUT2D eigenvalue weighted by Crippen LogP contribution is 2.48. The minimum absolute atomic E-state index is 0.0381. The minimum atomic E-state index is -0.907. The van der Waals surface area contributed by atoms with Crippen LogP contribution < -0.4 is 5.32 Å². The predicted molar refractivity (Wildman–Crippen MR) is 139 cm³/mol. The van der Waals surface area contributed by atoms with E-state index in [0.717, 1.165) is 6.92 Å². The van der Waals surface area contributed by atoms with Gasteiger partial charge >= 0.3 is 0 Å². The second-order valence-electron chi connectivity index (χ2n) is 11.0. The Morgan fingerprint density at radius 1 is 0.925 bits per heavy atom. The molecule has 0 aromatic carbocycles. The molecule has 0 radical (unpaired) electrons. The number of nitriles is 1. The second-order valence-corrected chi connectivity index (χ2v) is 11.0. The van der Waals surface area contributed by atoms with Crippen molar-refractivity contribution < 1.29 is 33.5 Å². The van der Waals surface area contributed by atoms with Crippen LogP contribution in [0.2, 0.25) is 0 Å². The fraction of sp³-hybridized carbons (Fsp3) is 0.483. The Hall–Kier alpha value is -4.01. The van der Waals surface area contributed by atoms with E-state index in [2.05, 4.69) is 11.4 Å². The maximum absolute atomic E-state index is 13.7. The number of ether oxygens (including phenoxy) is 1. The number of carbonyl (C=O) groups excluding carboxylic acids is 6. The normalized spacial score (nSPS) is 30.7. The quantitative estimate of drug-likeness (QED) is 0.384. The largest absolute Gasteiger partial charge is 0.492 e. The third-order valence-electron chi connectivity index (χ3n) is 9.14. The molecule has 1 unspecified atom stereocenters. The molecule has 5 aliphatic rings. The summed E-state index contributed by atoms with van der Waals surface area (Å²) in [5.41, 5.74) is 1.89. The number of nitrogens with zero attached hydrogens (tertiary/aromatic N) is 3. The Balaban J connectivity index is 1.71. The summed E-state index contributed by atoms with van der Waals surface area (Å²) in [4.78, 5) is 82.1. The lowest BCUT2D eigenvalue weighted by Gasteiger charge is -2.60. The number of Topliss-reactive ketones (excluding diaryl/α,β-unsaturated/α-hetero) is 5. The number of allylic oxidation sites excluding steroid dienone is 4. The number of piperazine rings is 1. The van der Waals surface area contributed by atoms with Gasteiger partial charge in [-0.2, -0.15) is 5.26 Å². The van der Waals surface area contributed by atoms with Crippen LogP contribution in [0.25, 0.3) is 0 Å². The fourth-order valence-corrected chi connectivity index (χ4v) is 7.03. The first-order valence-electron chi connectivity index (χ1n) is 13.1. The Morgan fingerprint density at radius 2 is 1.50 bits per heavy atom. The first kappa shape index (κ1) is 27.6. The molecule has 0 aromatic rings. The van der Waals surface area contributed by atoms with E-state index in [9.17, 15) is 34.0 Å². The number of fused-ring (bicyclic) bond motifs is 5. The van der Waals surface area contributed by atoms with Crippen molar-refractivity contribution in [2.24, 2.45) is 0 Å². The average molecular weight is 547 g/mol. The van der Waals surface area contributed by atoms with Crippen LogP contribution in [0.4, 0.5) is 0 Å². The molecule has 11 nitrogen and oxygen atoms in total. The van der Waals surface area contributed by atoms with Crippen LogP contribution in [0.3, 0.4) is 0 Å². The van der Waals surface area contributed by atoms with Crippen molar-refractivity contribution in [1.29, 1.82) is 5.26 Å². The molecular weight excluding hydrogens is 516 g/mol. The maximum atomic E-state index is 13.7. The summed E-state index contributed by atoms with van der Waals surface area (Å²) >= 11 is 0. The van der Waals surface area contributed by atoms with Crippen LogP contribution in [0.5, 0.6) is 0 Å². The van der Waals surface area contributed by atoms with Crippen LogP contribution in [0.15, 0.2) is 44.8 Å². The predicted octanol–water partition coefficient (Wildman–Crippen LogP) is 0.267. The highest BCUT2D eigenvalue weighted by Gasteiger charge is 2.59. The standard InChI is InChI=1S/C29H30N4O7/c1-11-12(2)26(37)21-15(24(11)35)8-18-23-22-16(25(36)13(3)28(40-6)27(22)38)7-17(32(23)5)19(9-30)33(18)20(21)10-31-29(39)14(4)34/h17-20,23H,7-8,10H2,1-6H3,(H,31,39)/t17?,18-,19-,20-,23-/m0/s1. The van der Waals surface area contributed by atoms with E-state index in [1.807, 2.05) is 9.80 Å². The first-order valence-corrected chi connectivity index (χ1v) is 13.1. The van der Waals surface area contributed by atoms with Crippen molar-refractivity contribution in [1.82, 2.24) is 15.1 Å². The zero-order valence-corrected chi connectivity index (χ0v) is 23.2. The van der Waals surface area contributed by atoms with Gasteiger partial charge in [0.15, 0.2) is 23.1 Å². The summed E-state index contributed by atoms with van der Waals surface area (Å²) in [5, 5.41) is 13.0. The van der Waals surface area contributed by atoms with E-state index in [1.54, 1.807) is 27.8 Å². The van der Waals surface area contributed by atoms with Gasteiger partial charge in [0.1, 0.15) is 6.04 Å². The number of likely N-dealkylation sites (N-methyl/N-ethyl adjacent to an activating group) is 1. The molecule has 2 bridgehead atoms. The molecule has 0 saturated carbocycles. The van der Waals surface area contributed by atoms with Gasteiger partial charge in [0.2, 0.25) is 11.6 Å². The van der Waals surface area contributed by atoms with Crippen LogP contribution in [-0.4, -0.2) is 95.5 Å².